The van der Waals surface area contributed by atoms with E-state index in [0.717, 1.165) is 36.7 Å². The smallest absolute Gasteiger partial charge is 0.240 e. The van der Waals surface area contributed by atoms with Crippen LogP contribution in [0.15, 0.2) is 53.4 Å². The summed E-state index contributed by atoms with van der Waals surface area (Å²) in [7, 11) is -3.58. The minimum atomic E-state index is -3.58. The number of sulfonamides is 1. The van der Waals surface area contributed by atoms with Gasteiger partial charge in [-0.2, -0.15) is 0 Å². The Balaban J connectivity index is 1.21. The van der Waals surface area contributed by atoms with E-state index in [9.17, 15) is 13.2 Å². The van der Waals surface area contributed by atoms with E-state index < -0.39 is 10.0 Å². The maximum atomic E-state index is 12.5. The van der Waals surface area contributed by atoms with Crippen LogP contribution in [0.3, 0.4) is 0 Å². The molecule has 1 N–H and O–H groups in total. The molecule has 0 spiro atoms. The van der Waals surface area contributed by atoms with Crippen molar-refractivity contribution in [3.63, 3.8) is 0 Å². The molecule has 2 aliphatic rings. The Kier molecular flexibility index (Phi) is 6.21. The molecule has 0 unspecified atom stereocenters. The van der Waals surface area contributed by atoms with Crippen molar-refractivity contribution < 1.29 is 22.7 Å². The highest BCUT2D eigenvalue weighted by Crippen LogP contribution is 2.32. The van der Waals surface area contributed by atoms with Gasteiger partial charge in [0, 0.05) is 45.7 Å². The molecule has 1 fully saturated rings. The highest BCUT2D eigenvalue weighted by atomic mass is 32.2. The largest absolute Gasteiger partial charge is 0.454 e. The molecule has 2 heterocycles. The van der Waals surface area contributed by atoms with Gasteiger partial charge in [0.15, 0.2) is 11.5 Å². The molecule has 2 aromatic rings. The summed E-state index contributed by atoms with van der Waals surface area (Å²) in [6, 6.07) is 14.1. The molecule has 30 heavy (non-hydrogen) atoms. The summed E-state index contributed by atoms with van der Waals surface area (Å²) in [6.07, 6.45) is 0.147. The fourth-order valence-electron chi connectivity index (χ4n) is 3.59. The van der Waals surface area contributed by atoms with Crippen LogP contribution in [-0.2, 0) is 21.4 Å². The molecule has 8 nitrogen and oxygen atoms in total. The topological polar surface area (TPSA) is 88.2 Å². The third kappa shape index (κ3) is 4.92. The number of ether oxygens (including phenoxy) is 2. The summed E-state index contributed by atoms with van der Waals surface area (Å²) in [5.41, 5.74) is 1.15. The van der Waals surface area contributed by atoms with Gasteiger partial charge in [0.25, 0.3) is 0 Å². The quantitative estimate of drug-likeness (QED) is 0.714. The molecule has 9 heteroatoms. The molecule has 2 aliphatic heterocycles. The third-order valence-corrected chi connectivity index (χ3v) is 6.73. The molecule has 0 radical (unpaired) electrons. The lowest BCUT2D eigenvalue weighted by Gasteiger charge is -2.34. The van der Waals surface area contributed by atoms with Gasteiger partial charge < -0.3 is 14.4 Å². The summed E-state index contributed by atoms with van der Waals surface area (Å²) >= 11 is 0. The molecular formula is C21H25N3O5S. The zero-order chi connectivity index (χ0) is 21.0. The summed E-state index contributed by atoms with van der Waals surface area (Å²) in [5.74, 6) is 1.52. The Morgan fingerprint density at radius 2 is 1.70 bits per heavy atom. The first-order chi connectivity index (χ1) is 14.5. The molecule has 0 bridgehead atoms. The van der Waals surface area contributed by atoms with Crippen LogP contribution in [0.4, 0.5) is 0 Å². The van der Waals surface area contributed by atoms with Crippen molar-refractivity contribution in [2.45, 2.75) is 17.9 Å². The number of amides is 1. The van der Waals surface area contributed by atoms with E-state index in [0.29, 0.717) is 13.1 Å². The van der Waals surface area contributed by atoms with E-state index in [1.165, 1.54) is 12.1 Å². The molecule has 0 aliphatic carbocycles. The van der Waals surface area contributed by atoms with Crippen LogP contribution in [0.5, 0.6) is 11.5 Å². The zero-order valence-corrected chi connectivity index (χ0v) is 17.4. The number of rotatable bonds is 7. The number of carbonyl (C=O) groups excluding carboxylic acids is 1. The van der Waals surface area contributed by atoms with Gasteiger partial charge in [-0.3, -0.25) is 9.69 Å². The Bertz CT molecular complexity index is 989. The summed E-state index contributed by atoms with van der Waals surface area (Å²) in [6.45, 7) is 3.96. The van der Waals surface area contributed by atoms with Crippen LogP contribution in [0.2, 0.25) is 0 Å². The van der Waals surface area contributed by atoms with Crippen molar-refractivity contribution in [2.24, 2.45) is 0 Å². The monoisotopic (exact) mass is 431 g/mol. The van der Waals surface area contributed by atoms with Crippen LogP contribution in [-0.4, -0.2) is 63.6 Å². The number of nitrogens with zero attached hydrogens (tertiary/aromatic N) is 2. The standard InChI is InChI=1S/C21H25N3O5S/c25-21(8-9-22-30(26,27)18-4-2-1-3-5-18)24-12-10-23(11-13-24)15-17-6-7-19-20(14-17)29-16-28-19/h1-7,14,22H,8-13,15-16H2. The Morgan fingerprint density at radius 3 is 2.47 bits per heavy atom. The van der Waals surface area contributed by atoms with Crippen molar-refractivity contribution in [3.05, 3.63) is 54.1 Å². The molecule has 4 rings (SSSR count). The van der Waals surface area contributed by atoms with Gasteiger partial charge in [-0.1, -0.05) is 24.3 Å². The average molecular weight is 432 g/mol. The van der Waals surface area contributed by atoms with E-state index in [-0.39, 0.29) is 30.6 Å². The lowest BCUT2D eigenvalue weighted by Crippen LogP contribution is -2.48. The SMILES string of the molecule is O=C(CCNS(=O)(=O)c1ccccc1)N1CCN(Cc2ccc3c(c2)OCO3)CC1. The molecule has 0 atom stereocenters. The van der Waals surface area contributed by atoms with Crippen LogP contribution in [0.25, 0.3) is 0 Å². The second-order valence-corrected chi connectivity index (χ2v) is 9.07. The van der Waals surface area contributed by atoms with Gasteiger partial charge in [-0.05, 0) is 29.8 Å². The van der Waals surface area contributed by atoms with Crippen molar-refractivity contribution in [2.75, 3.05) is 39.5 Å². The van der Waals surface area contributed by atoms with Gasteiger partial charge in [0.2, 0.25) is 22.7 Å². The lowest BCUT2D eigenvalue weighted by atomic mass is 10.1. The summed E-state index contributed by atoms with van der Waals surface area (Å²) in [4.78, 5) is 16.7. The van der Waals surface area contributed by atoms with Gasteiger partial charge >= 0.3 is 0 Å². The van der Waals surface area contributed by atoms with Crippen molar-refractivity contribution >= 4 is 15.9 Å². The Labute approximate surface area is 176 Å². The van der Waals surface area contributed by atoms with E-state index >= 15 is 0 Å². The first-order valence-electron chi connectivity index (χ1n) is 9.95. The van der Waals surface area contributed by atoms with E-state index in [1.54, 1.807) is 23.1 Å². The van der Waals surface area contributed by atoms with Crippen LogP contribution < -0.4 is 14.2 Å². The number of fused-ring (bicyclic) bond motifs is 1. The first kappa shape index (κ1) is 20.6. The highest BCUT2D eigenvalue weighted by molar-refractivity contribution is 7.89. The fourth-order valence-corrected chi connectivity index (χ4v) is 4.64. The highest BCUT2D eigenvalue weighted by Gasteiger charge is 2.22. The first-order valence-corrected chi connectivity index (χ1v) is 11.4. The van der Waals surface area contributed by atoms with Crippen molar-refractivity contribution in [3.8, 4) is 11.5 Å². The fraction of sp³-hybridized carbons (Fsp3) is 0.381. The molecule has 0 aromatic heterocycles. The maximum Gasteiger partial charge on any atom is 0.240 e. The van der Waals surface area contributed by atoms with Crippen molar-refractivity contribution in [1.82, 2.24) is 14.5 Å². The van der Waals surface area contributed by atoms with Crippen LogP contribution >= 0.6 is 0 Å². The van der Waals surface area contributed by atoms with Crippen LogP contribution in [0, 0.1) is 0 Å². The zero-order valence-electron chi connectivity index (χ0n) is 16.6. The van der Waals surface area contributed by atoms with E-state index in [2.05, 4.69) is 9.62 Å². The lowest BCUT2D eigenvalue weighted by molar-refractivity contribution is -0.132. The molecule has 2 aromatic carbocycles. The predicted octanol–water partition coefficient (Wildman–Crippen LogP) is 1.43. The van der Waals surface area contributed by atoms with E-state index in [1.807, 2.05) is 18.2 Å². The number of carbonyl (C=O) groups is 1. The van der Waals surface area contributed by atoms with Crippen LogP contribution in [0.1, 0.15) is 12.0 Å². The van der Waals surface area contributed by atoms with Crippen molar-refractivity contribution in [1.29, 1.82) is 0 Å². The Morgan fingerprint density at radius 1 is 0.967 bits per heavy atom. The number of benzene rings is 2. The normalized spacial score (nSPS) is 16.6. The van der Waals surface area contributed by atoms with Gasteiger partial charge in [0.05, 0.1) is 4.90 Å². The second kappa shape index (κ2) is 9.03. The number of nitrogens with one attached hydrogen (secondary N) is 1. The third-order valence-electron chi connectivity index (χ3n) is 5.25. The molecule has 160 valence electrons. The number of piperazine rings is 1. The average Bonchev–Trinajstić information content (AvgIpc) is 3.23. The van der Waals surface area contributed by atoms with Gasteiger partial charge in [-0.25, -0.2) is 13.1 Å². The second-order valence-electron chi connectivity index (χ2n) is 7.31. The maximum absolute atomic E-state index is 12.5. The molecular weight excluding hydrogens is 406 g/mol. The minimum absolute atomic E-state index is 0.0338. The Hall–Kier alpha value is -2.62. The summed E-state index contributed by atoms with van der Waals surface area (Å²) < 4.78 is 37.7. The van der Waals surface area contributed by atoms with Gasteiger partial charge in [-0.15, -0.1) is 0 Å². The molecule has 0 saturated carbocycles. The summed E-state index contributed by atoms with van der Waals surface area (Å²) in [5, 5.41) is 0. The predicted molar refractivity (Wildman–Crippen MR) is 111 cm³/mol. The number of hydrogen-bond donors (Lipinski definition) is 1. The minimum Gasteiger partial charge on any atom is -0.454 e. The molecule has 1 saturated heterocycles. The van der Waals surface area contributed by atoms with Gasteiger partial charge in [0.1, 0.15) is 0 Å². The molecule has 1 amide bonds. The van der Waals surface area contributed by atoms with E-state index in [4.69, 9.17) is 9.47 Å². The number of hydrogen-bond acceptors (Lipinski definition) is 6.